The number of aromatic hydroxyl groups is 1. The normalized spacial score (nSPS) is 9.61. The van der Waals surface area contributed by atoms with Gasteiger partial charge in [-0.25, -0.2) is 8.42 Å². The standard InChI is InChI=1S/C6H5ClO2S.C6H6O.H2S/c7-10(8,9)6-4-2-1-3-5-6;7-6-4-2-1-3-5-6;/h1-5H;1-5,7H;1H2. The minimum absolute atomic E-state index is 0. The largest absolute Gasteiger partial charge is 0.508 e. The second-order valence-electron chi connectivity index (χ2n) is 3.09. The molecule has 98 valence electrons. The fourth-order valence-corrected chi connectivity index (χ4v) is 1.80. The highest BCUT2D eigenvalue weighted by Gasteiger charge is 2.06. The Bertz CT molecular complexity index is 542. The second kappa shape index (κ2) is 8.02. The van der Waals surface area contributed by atoms with Crippen LogP contribution in [0.4, 0.5) is 0 Å². The van der Waals surface area contributed by atoms with E-state index in [9.17, 15) is 8.42 Å². The van der Waals surface area contributed by atoms with Gasteiger partial charge in [-0.1, -0.05) is 36.4 Å². The van der Waals surface area contributed by atoms with Gasteiger partial charge >= 0.3 is 0 Å². The molecule has 0 fully saturated rings. The van der Waals surface area contributed by atoms with Gasteiger partial charge in [-0.2, -0.15) is 13.5 Å². The molecule has 0 saturated carbocycles. The van der Waals surface area contributed by atoms with Crippen LogP contribution in [0.25, 0.3) is 0 Å². The number of phenols is 1. The van der Waals surface area contributed by atoms with Crippen molar-refractivity contribution in [3.05, 3.63) is 60.7 Å². The Kier molecular flexibility index (Phi) is 7.50. The minimum atomic E-state index is -3.53. The summed E-state index contributed by atoms with van der Waals surface area (Å²) >= 11 is 0. The van der Waals surface area contributed by atoms with Crippen molar-refractivity contribution in [2.24, 2.45) is 0 Å². The van der Waals surface area contributed by atoms with Crippen molar-refractivity contribution < 1.29 is 13.5 Å². The van der Waals surface area contributed by atoms with Gasteiger partial charge < -0.3 is 5.11 Å². The Labute approximate surface area is 118 Å². The molecule has 18 heavy (non-hydrogen) atoms. The number of para-hydroxylation sites is 1. The molecule has 0 radical (unpaired) electrons. The zero-order valence-electron chi connectivity index (χ0n) is 9.32. The lowest BCUT2D eigenvalue weighted by atomic mass is 10.3. The van der Waals surface area contributed by atoms with Crippen molar-refractivity contribution in [2.75, 3.05) is 0 Å². The maximum atomic E-state index is 10.6. The van der Waals surface area contributed by atoms with Crippen LogP contribution in [0.1, 0.15) is 0 Å². The maximum absolute atomic E-state index is 10.6. The third-order valence-corrected chi connectivity index (χ3v) is 3.15. The molecule has 0 aliphatic heterocycles. The predicted molar refractivity (Wildman–Crippen MR) is 78.0 cm³/mol. The van der Waals surface area contributed by atoms with E-state index in [1.54, 1.807) is 42.5 Å². The summed E-state index contributed by atoms with van der Waals surface area (Å²) < 4.78 is 21.2. The van der Waals surface area contributed by atoms with Crippen molar-refractivity contribution in [1.29, 1.82) is 0 Å². The van der Waals surface area contributed by atoms with Crippen molar-refractivity contribution in [2.45, 2.75) is 4.90 Å². The lowest BCUT2D eigenvalue weighted by Crippen LogP contribution is -1.87. The number of halogens is 1. The van der Waals surface area contributed by atoms with Gasteiger partial charge in [0, 0.05) is 10.7 Å². The fraction of sp³-hybridized carbons (Fsp3) is 0. The first-order valence-corrected chi connectivity index (χ1v) is 7.05. The van der Waals surface area contributed by atoms with Crippen LogP contribution >= 0.6 is 24.2 Å². The Morgan fingerprint density at radius 3 is 1.44 bits per heavy atom. The zero-order chi connectivity index (χ0) is 12.7. The van der Waals surface area contributed by atoms with Crippen molar-refractivity contribution in [3.8, 4) is 5.75 Å². The number of hydrogen-bond acceptors (Lipinski definition) is 3. The first kappa shape index (κ1) is 16.8. The zero-order valence-corrected chi connectivity index (χ0v) is 11.9. The highest BCUT2D eigenvalue weighted by atomic mass is 35.7. The summed E-state index contributed by atoms with van der Waals surface area (Å²) in [5.74, 6) is 0.322. The molecule has 0 amide bonds. The summed E-state index contributed by atoms with van der Waals surface area (Å²) in [6, 6.07) is 16.6. The molecule has 2 rings (SSSR count). The lowest BCUT2D eigenvalue weighted by molar-refractivity contribution is 0.475. The predicted octanol–water partition coefficient (Wildman–Crippen LogP) is 3.12. The number of hydrogen-bond donors (Lipinski definition) is 1. The van der Waals surface area contributed by atoms with Gasteiger partial charge in [0.1, 0.15) is 5.75 Å². The Morgan fingerprint density at radius 1 is 0.833 bits per heavy atom. The van der Waals surface area contributed by atoms with E-state index in [1.807, 2.05) is 6.07 Å². The van der Waals surface area contributed by atoms with Gasteiger partial charge in [-0.3, -0.25) is 0 Å². The third kappa shape index (κ3) is 6.54. The molecule has 2 aromatic rings. The first-order chi connectivity index (χ1) is 8.00. The van der Waals surface area contributed by atoms with Crippen LogP contribution in [0, 0.1) is 0 Å². The van der Waals surface area contributed by atoms with Gasteiger partial charge in [-0.05, 0) is 24.3 Å². The molecule has 0 aromatic heterocycles. The van der Waals surface area contributed by atoms with Gasteiger partial charge in [0.05, 0.1) is 4.90 Å². The molecule has 0 bridgehead atoms. The molecule has 0 saturated heterocycles. The van der Waals surface area contributed by atoms with Crippen molar-refractivity contribution >= 4 is 33.2 Å². The van der Waals surface area contributed by atoms with Crippen molar-refractivity contribution in [3.63, 3.8) is 0 Å². The molecular weight excluding hydrogens is 292 g/mol. The molecular formula is C12H13ClO3S2. The SMILES string of the molecule is O=S(=O)(Cl)c1ccccc1.Oc1ccccc1.S. The van der Waals surface area contributed by atoms with Crippen molar-refractivity contribution in [1.82, 2.24) is 0 Å². The molecule has 1 N–H and O–H groups in total. The Hall–Kier alpha value is -1.17. The quantitative estimate of drug-likeness (QED) is 0.824. The average Bonchev–Trinajstić information content (AvgIpc) is 2.31. The van der Waals surface area contributed by atoms with Crippen LogP contribution in [-0.4, -0.2) is 13.5 Å². The summed E-state index contributed by atoms with van der Waals surface area (Å²) in [4.78, 5) is 0.136. The fourth-order valence-electron chi connectivity index (χ4n) is 1.01. The number of rotatable bonds is 1. The average molecular weight is 305 g/mol. The van der Waals surface area contributed by atoms with E-state index < -0.39 is 9.05 Å². The second-order valence-corrected chi connectivity index (χ2v) is 5.65. The molecule has 2 aromatic carbocycles. The summed E-state index contributed by atoms with van der Waals surface area (Å²) in [5, 5.41) is 8.63. The third-order valence-electron chi connectivity index (χ3n) is 1.78. The van der Waals surface area contributed by atoms with Gasteiger partial charge in [0.15, 0.2) is 0 Å². The molecule has 6 heteroatoms. The highest BCUT2D eigenvalue weighted by molar-refractivity contribution is 8.13. The lowest BCUT2D eigenvalue weighted by Gasteiger charge is -1.91. The van der Waals surface area contributed by atoms with Crippen LogP contribution in [0.3, 0.4) is 0 Å². The van der Waals surface area contributed by atoms with Crippen LogP contribution in [0.2, 0.25) is 0 Å². The minimum Gasteiger partial charge on any atom is -0.508 e. The van der Waals surface area contributed by atoms with Crippen LogP contribution in [-0.2, 0) is 9.05 Å². The summed E-state index contributed by atoms with van der Waals surface area (Å²) in [7, 11) is 1.50. The molecule has 3 nitrogen and oxygen atoms in total. The maximum Gasteiger partial charge on any atom is 0.261 e. The molecule has 0 atom stereocenters. The molecule has 0 heterocycles. The van der Waals surface area contributed by atoms with E-state index in [-0.39, 0.29) is 18.4 Å². The van der Waals surface area contributed by atoms with Crippen LogP contribution < -0.4 is 0 Å². The van der Waals surface area contributed by atoms with Gasteiger partial charge in [0.2, 0.25) is 0 Å². The number of phenolic OH excluding ortho intramolecular Hbond substituents is 1. The van der Waals surface area contributed by atoms with E-state index >= 15 is 0 Å². The van der Waals surface area contributed by atoms with Gasteiger partial charge in [0.25, 0.3) is 9.05 Å². The Morgan fingerprint density at radius 2 is 1.22 bits per heavy atom. The monoisotopic (exact) mass is 304 g/mol. The van der Waals surface area contributed by atoms with Crippen LogP contribution in [0.15, 0.2) is 65.6 Å². The van der Waals surface area contributed by atoms with E-state index in [0.717, 1.165) is 0 Å². The van der Waals surface area contributed by atoms with Gasteiger partial charge in [-0.15, -0.1) is 0 Å². The topological polar surface area (TPSA) is 54.4 Å². The number of benzene rings is 2. The smallest absolute Gasteiger partial charge is 0.261 e. The van der Waals surface area contributed by atoms with Crippen LogP contribution in [0.5, 0.6) is 5.75 Å². The molecule has 0 unspecified atom stereocenters. The molecule has 0 aliphatic carbocycles. The van der Waals surface area contributed by atoms with E-state index in [1.165, 1.54) is 12.1 Å². The molecule has 0 aliphatic rings. The van der Waals surface area contributed by atoms with E-state index in [2.05, 4.69) is 0 Å². The first-order valence-electron chi connectivity index (χ1n) is 4.74. The highest BCUT2D eigenvalue weighted by Crippen LogP contribution is 2.12. The summed E-state index contributed by atoms with van der Waals surface area (Å²) in [6.07, 6.45) is 0. The molecule has 0 spiro atoms. The van der Waals surface area contributed by atoms with E-state index in [0.29, 0.717) is 5.75 Å². The summed E-state index contributed by atoms with van der Waals surface area (Å²) in [6.45, 7) is 0. The summed E-state index contributed by atoms with van der Waals surface area (Å²) in [5.41, 5.74) is 0. The Balaban J connectivity index is 0.000000321. The van der Waals surface area contributed by atoms with E-state index in [4.69, 9.17) is 15.8 Å².